The standard InChI is InChI=1S/C11H24N2O3S.ClH/c1-11(2,8-12)9-13(3)17(14,15)10-5-4-6-16-7-10;/h10H,4-9,12H2,1-3H3;1H. The van der Waals surface area contributed by atoms with Crippen molar-refractivity contribution in [1.82, 2.24) is 4.31 Å². The molecule has 1 saturated heterocycles. The molecule has 0 aromatic rings. The molecule has 7 heteroatoms. The predicted octanol–water partition coefficient (Wildman–Crippen LogP) is 0.834. The van der Waals surface area contributed by atoms with Crippen molar-refractivity contribution in [3.63, 3.8) is 0 Å². The number of sulfonamides is 1. The Balaban J connectivity index is 0.00000289. The SMILES string of the molecule is CN(CC(C)(C)CN)S(=O)(=O)C1CCCOC1.Cl. The van der Waals surface area contributed by atoms with Crippen LogP contribution in [0, 0.1) is 5.41 Å². The van der Waals surface area contributed by atoms with Crippen LogP contribution in [-0.4, -0.2) is 51.3 Å². The molecule has 1 heterocycles. The lowest BCUT2D eigenvalue weighted by atomic mass is 9.94. The van der Waals surface area contributed by atoms with Crippen LogP contribution in [0.2, 0.25) is 0 Å². The summed E-state index contributed by atoms with van der Waals surface area (Å²) in [7, 11) is -1.63. The van der Waals surface area contributed by atoms with E-state index in [2.05, 4.69) is 0 Å². The highest BCUT2D eigenvalue weighted by molar-refractivity contribution is 7.89. The number of ether oxygens (including phenoxy) is 1. The van der Waals surface area contributed by atoms with Gasteiger partial charge in [0.15, 0.2) is 0 Å². The second-order valence-electron chi connectivity index (χ2n) is 5.51. The Morgan fingerprint density at radius 2 is 2.06 bits per heavy atom. The highest BCUT2D eigenvalue weighted by Crippen LogP contribution is 2.21. The van der Waals surface area contributed by atoms with Crippen molar-refractivity contribution in [2.24, 2.45) is 11.1 Å². The zero-order valence-electron chi connectivity index (χ0n) is 11.4. The monoisotopic (exact) mass is 300 g/mol. The Bertz CT molecular complexity index is 340. The maximum atomic E-state index is 12.3. The molecule has 2 N–H and O–H groups in total. The van der Waals surface area contributed by atoms with Crippen LogP contribution in [0.5, 0.6) is 0 Å². The summed E-state index contributed by atoms with van der Waals surface area (Å²) < 4.78 is 31.2. The van der Waals surface area contributed by atoms with Crippen LogP contribution < -0.4 is 5.73 Å². The summed E-state index contributed by atoms with van der Waals surface area (Å²) >= 11 is 0. The van der Waals surface area contributed by atoms with Gasteiger partial charge in [-0.05, 0) is 24.8 Å². The van der Waals surface area contributed by atoms with E-state index >= 15 is 0 Å². The summed E-state index contributed by atoms with van der Waals surface area (Å²) in [5.74, 6) is 0. The number of nitrogens with zero attached hydrogens (tertiary/aromatic N) is 1. The van der Waals surface area contributed by atoms with Crippen molar-refractivity contribution in [1.29, 1.82) is 0 Å². The highest BCUT2D eigenvalue weighted by Gasteiger charge is 2.33. The number of rotatable bonds is 5. The quantitative estimate of drug-likeness (QED) is 0.816. The molecule has 1 rings (SSSR count). The van der Waals surface area contributed by atoms with E-state index in [1.807, 2.05) is 13.8 Å². The van der Waals surface area contributed by atoms with Crippen LogP contribution in [0.4, 0.5) is 0 Å². The van der Waals surface area contributed by atoms with Gasteiger partial charge >= 0.3 is 0 Å². The zero-order valence-corrected chi connectivity index (χ0v) is 13.0. The molecule has 1 fully saturated rings. The van der Waals surface area contributed by atoms with E-state index in [1.165, 1.54) is 4.31 Å². The van der Waals surface area contributed by atoms with Gasteiger partial charge in [0.25, 0.3) is 0 Å². The minimum atomic E-state index is -3.25. The number of halogens is 1. The van der Waals surface area contributed by atoms with Crippen LogP contribution >= 0.6 is 12.4 Å². The fourth-order valence-electron chi connectivity index (χ4n) is 1.96. The molecule has 0 bridgehead atoms. The Morgan fingerprint density at radius 1 is 1.44 bits per heavy atom. The molecule has 0 aromatic heterocycles. The summed E-state index contributed by atoms with van der Waals surface area (Å²) in [6.07, 6.45) is 1.51. The second-order valence-corrected chi connectivity index (χ2v) is 7.83. The lowest BCUT2D eigenvalue weighted by Gasteiger charge is -2.32. The zero-order chi connectivity index (χ0) is 13.1. The van der Waals surface area contributed by atoms with E-state index in [0.29, 0.717) is 32.7 Å². The minimum Gasteiger partial charge on any atom is -0.380 e. The molecule has 18 heavy (non-hydrogen) atoms. The molecule has 0 saturated carbocycles. The normalized spacial score (nSPS) is 21.7. The molecule has 0 aliphatic carbocycles. The molecular formula is C11H25ClN2O3S. The van der Waals surface area contributed by atoms with E-state index in [4.69, 9.17) is 10.5 Å². The molecule has 110 valence electrons. The van der Waals surface area contributed by atoms with Crippen molar-refractivity contribution in [3.8, 4) is 0 Å². The molecule has 0 aromatic carbocycles. The van der Waals surface area contributed by atoms with Crippen LogP contribution in [0.3, 0.4) is 0 Å². The summed E-state index contributed by atoms with van der Waals surface area (Å²) in [4.78, 5) is 0. The Hall–Kier alpha value is 0.120. The van der Waals surface area contributed by atoms with Crippen molar-refractivity contribution in [3.05, 3.63) is 0 Å². The van der Waals surface area contributed by atoms with Gasteiger partial charge in [0.1, 0.15) is 0 Å². The van der Waals surface area contributed by atoms with Gasteiger partial charge in [-0.1, -0.05) is 13.8 Å². The maximum Gasteiger partial charge on any atom is 0.219 e. The van der Waals surface area contributed by atoms with E-state index in [-0.39, 0.29) is 17.8 Å². The summed E-state index contributed by atoms with van der Waals surface area (Å²) in [5.41, 5.74) is 5.43. The van der Waals surface area contributed by atoms with E-state index in [1.54, 1.807) is 7.05 Å². The third-order valence-corrected chi connectivity index (χ3v) is 5.39. The van der Waals surface area contributed by atoms with Crippen molar-refractivity contribution < 1.29 is 13.2 Å². The van der Waals surface area contributed by atoms with Gasteiger partial charge in [-0.3, -0.25) is 0 Å². The fourth-order valence-corrected chi connectivity index (χ4v) is 3.73. The highest BCUT2D eigenvalue weighted by atomic mass is 35.5. The predicted molar refractivity (Wildman–Crippen MR) is 75.5 cm³/mol. The average molecular weight is 301 g/mol. The van der Waals surface area contributed by atoms with E-state index in [9.17, 15) is 8.42 Å². The van der Waals surface area contributed by atoms with E-state index < -0.39 is 15.3 Å². The van der Waals surface area contributed by atoms with E-state index in [0.717, 1.165) is 6.42 Å². The molecule has 0 amide bonds. The van der Waals surface area contributed by atoms with Gasteiger partial charge in [-0.15, -0.1) is 12.4 Å². The third kappa shape index (κ3) is 4.66. The number of hydrogen-bond acceptors (Lipinski definition) is 4. The first-order valence-electron chi connectivity index (χ1n) is 6.02. The van der Waals surface area contributed by atoms with Crippen molar-refractivity contribution in [2.75, 3.05) is 33.4 Å². The molecular weight excluding hydrogens is 276 g/mol. The summed E-state index contributed by atoms with van der Waals surface area (Å²) in [6, 6.07) is 0. The smallest absolute Gasteiger partial charge is 0.219 e. The van der Waals surface area contributed by atoms with Crippen LogP contribution in [0.15, 0.2) is 0 Å². The Labute approximate surface area is 117 Å². The van der Waals surface area contributed by atoms with Crippen LogP contribution in [-0.2, 0) is 14.8 Å². The molecule has 1 aliphatic heterocycles. The molecule has 0 spiro atoms. The molecule has 1 atom stereocenters. The summed E-state index contributed by atoms with van der Waals surface area (Å²) in [6.45, 7) is 5.84. The summed E-state index contributed by atoms with van der Waals surface area (Å²) in [5, 5.41) is -0.394. The lowest BCUT2D eigenvalue weighted by Crippen LogP contribution is -2.45. The van der Waals surface area contributed by atoms with Gasteiger partial charge in [0, 0.05) is 20.2 Å². The average Bonchev–Trinajstić information content (AvgIpc) is 2.29. The third-order valence-electron chi connectivity index (χ3n) is 3.18. The molecule has 1 unspecified atom stereocenters. The van der Waals surface area contributed by atoms with Crippen molar-refractivity contribution in [2.45, 2.75) is 31.9 Å². The maximum absolute atomic E-state index is 12.3. The van der Waals surface area contributed by atoms with Gasteiger partial charge in [0.05, 0.1) is 11.9 Å². The first-order valence-corrected chi connectivity index (χ1v) is 7.53. The van der Waals surface area contributed by atoms with Gasteiger partial charge in [0.2, 0.25) is 10.0 Å². The largest absolute Gasteiger partial charge is 0.380 e. The fraction of sp³-hybridized carbons (Fsp3) is 1.00. The second kappa shape index (κ2) is 7.05. The van der Waals surface area contributed by atoms with Crippen LogP contribution in [0.1, 0.15) is 26.7 Å². The number of hydrogen-bond donors (Lipinski definition) is 1. The number of nitrogens with two attached hydrogens (primary N) is 1. The molecule has 0 radical (unpaired) electrons. The van der Waals surface area contributed by atoms with Crippen molar-refractivity contribution >= 4 is 22.4 Å². The topological polar surface area (TPSA) is 72.6 Å². The first kappa shape index (κ1) is 18.1. The Morgan fingerprint density at radius 3 is 2.50 bits per heavy atom. The Kier molecular flexibility index (Phi) is 7.10. The van der Waals surface area contributed by atoms with Gasteiger partial charge in [-0.2, -0.15) is 0 Å². The lowest BCUT2D eigenvalue weighted by molar-refractivity contribution is 0.0973. The first-order chi connectivity index (χ1) is 7.79. The molecule has 5 nitrogen and oxygen atoms in total. The molecule has 1 aliphatic rings. The van der Waals surface area contributed by atoms with Gasteiger partial charge < -0.3 is 10.5 Å². The minimum absolute atomic E-state index is 0. The van der Waals surface area contributed by atoms with Crippen LogP contribution in [0.25, 0.3) is 0 Å². The van der Waals surface area contributed by atoms with Gasteiger partial charge in [-0.25, -0.2) is 12.7 Å².